The van der Waals surface area contributed by atoms with Crippen LogP contribution in [-0.2, 0) is 4.79 Å². The van der Waals surface area contributed by atoms with Gasteiger partial charge in [0.2, 0.25) is 11.5 Å². The molecule has 1 atom stereocenters. The third kappa shape index (κ3) is 3.73. The molecule has 0 aromatic heterocycles. The summed E-state index contributed by atoms with van der Waals surface area (Å²) in [5, 5.41) is 9.68. The number of hydrogen-bond donors (Lipinski definition) is 1. The van der Waals surface area contributed by atoms with Crippen LogP contribution in [0.15, 0.2) is 54.3 Å². The Labute approximate surface area is 201 Å². The molecule has 0 fully saturated rings. The first-order valence-electron chi connectivity index (χ1n) is 10.8. The molecule has 35 heavy (non-hydrogen) atoms. The van der Waals surface area contributed by atoms with Crippen LogP contribution in [0.3, 0.4) is 0 Å². The second-order valence-corrected chi connectivity index (χ2v) is 8.04. The molecule has 3 aromatic carbocycles. The molecule has 0 spiro atoms. The molecule has 0 saturated carbocycles. The number of benzene rings is 3. The summed E-state index contributed by atoms with van der Waals surface area (Å²) in [5.74, 6) is 1.09. The van der Waals surface area contributed by atoms with Gasteiger partial charge in [-0.15, -0.1) is 0 Å². The standard InChI is InChI=1S/C27H22O8/c1-31-20-10-6-15(25(32-2)27(20)33-3)12-21-24(30)17-9-11-19-23(26(17)35-21)18(13-22(29)34-19)14-4-7-16(28)8-5-14/h4-12,18,28H,13H2,1-3H3/b21-12-/t18-/m0/s1. The maximum absolute atomic E-state index is 13.3. The Morgan fingerprint density at radius 2 is 1.63 bits per heavy atom. The van der Waals surface area contributed by atoms with Crippen molar-refractivity contribution in [3.05, 3.63) is 76.5 Å². The van der Waals surface area contributed by atoms with E-state index in [1.807, 2.05) is 0 Å². The van der Waals surface area contributed by atoms with Gasteiger partial charge in [-0.3, -0.25) is 9.59 Å². The Balaban J connectivity index is 1.60. The van der Waals surface area contributed by atoms with Crippen LogP contribution in [0.5, 0.6) is 34.5 Å². The van der Waals surface area contributed by atoms with Gasteiger partial charge in [0.25, 0.3) is 0 Å². The van der Waals surface area contributed by atoms with E-state index in [0.717, 1.165) is 5.56 Å². The number of phenolic OH excluding ortho intramolecular Hbond substituents is 1. The summed E-state index contributed by atoms with van der Waals surface area (Å²) < 4.78 is 27.9. The van der Waals surface area contributed by atoms with Crippen LogP contribution in [0.4, 0.5) is 0 Å². The number of ether oxygens (including phenoxy) is 5. The smallest absolute Gasteiger partial charge is 0.312 e. The zero-order valence-electron chi connectivity index (χ0n) is 19.3. The lowest BCUT2D eigenvalue weighted by Gasteiger charge is -2.26. The number of allylic oxidation sites excluding steroid dienone is 1. The minimum atomic E-state index is -0.399. The highest BCUT2D eigenvalue weighted by molar-refractivity contribution is 6.15. The number of rotatable bonds is 5. The lowest BCUT2D eigenvalue weighted by atomic mass is 9.84. The minimum Gasteiger partial charge on any atom is -0.508 e. The Hall–Kier alpha value is -4.46. The minimum absolute atomic E-state index is 0.0777. The average Bonchev–Trinajstić information content (AvgIpc) is 3.18. The van der Waals surface area contributed by atoms with Gasteiger partial charge in [0, 0.05) is 17.0 Å². The van der Waals surface area contributed by atoms with Crippen molar-refractivity contribution in [2.75, 3.05) is 21.3 Å². The topological polar surface area (TPSA) is 101 Å². The number of carbonyl (C=O) groups excluding carboxylic acids is 2. The largest absolute Gasteiger partial charge is 0.508 e. The number of Topliss-reactive ketones (excluding diaryl/α,β-unsaturated/α-hetero) is 1. The number of esters is 1. The molecule has 5 rings (SSSR count). The van der Waals surface area contributed by atoms with Gasteiger partial charge in [0.05, 0.1) is 33.3 Å². The number of carbonyl (C=O) groups is 2. The van der Waals surface area contributed by atoms with Crippen LogP contribution in [0.25, 0.3) is 6.08 Å². The van der Waals surface area contributed by atoms with E-state index < -0.39 is 5.92 Å². The molecule has 2 aliphatic heterocycles. The second-order valence-electron chi connectivity index (χ2n) is 8.04. The Kier molecular flexibility index (Phi) is 5.56. The average molecular weight is 474 g/mol. The van der Waals surface area contributed by atoms with Crippen molar-refractivity contribution in [1.29, 1.82) is 0 Å². The summed E-state index contributed by atoms with van der Waals surface area (Å²) in [7, 11) is 4.52. The van der Waals surface area contributed by atoms with E-state index in [1.54, 1.807) is 54.6 Å². The lowest BCUT2D eigenvalue weighted by Crippen LogP contribution is -2.21. The van der Waals surface area contributed by atoms with Crippen molar-refractivity contribution in [3.63, 3.8) is 0 Å². The van der Waals surface area contributed by atoms with E-state index in [-0.39, 0.29) is 29.7 Å². The summed E-state index contributed by atoms with van der Waals surface area (Å²) in [5.41, 5.74) is 2.35. The molecule has 0 amide bonds. The normalized spacial score (nSPS) is 17.3. The molecule has 1 N–H and O–H groups in total. The van der Waals surface area contributed by atoms with Gasteiger partial charge in [-0.2, -0.15) is 0 Å². The van der Waals surface area contributed by atoms with Gasteiger partial charge in [0.15, 0.2) is 17.3 Å². The van der Waals surface area contributed by atoms with Crippen molar-refractivity contribution in [2.45, 2.75) is 12.3 Å². The monoisotopic (exact) mass is 474 g/mol. The summed E-state index contributed by atoms with van der Waals surface area (Å²) in [6.45, 7) is 0. The van der Waals surface area contributed by atoms with Gasteiger partial charge in [-0.1, -0.05) is 12.1 Å². The molecule has 8 nitrogen and oxygen atoms in total. The fourth-order valence-corrected chi connectivity index (χ4v) is 4.48. The summed E-state index contributed by atoms with van der Waals surface area (Å²) in [6, 6.07) is 13.2. The van der Waals surface area contributed by atoms with Crippen LogP contribution in [-0.4, -0.2) is 38.2 Å². The van der Waals surface area contributed by atoms with Crippen LogP contribution in [0, 0.1) is 0 Å². The van der Waals surface area contributed by atoms with Crippen molar-refractivity contribution in [1.82, 2.24) is 0 Å². The van der Waals surface area contributed by atoms with Gasteiger partial charge in [-0.05, 0) is 48.0 Å². The van der Waals surface area contributed by atoms with Gasteiger partial charge in [0.1, 0.15) is 17.2 Å². The van der Waals surface area contributed by atoms with E-state index in [2.05, 4.69) is 0 Å². The van der Waals surface area contributed by atoms with Gasteiger partial charge < -0.3 is 28.8 Å². The quantitative estimate of drug-likeness (QED) is 0.328. The third-order valence-corrected chi connectivity index (χ3v) is 6.10. The number of ketones is 1. The first-order valence-corrected chi connectivity index (χ1v) is 10.8. The summed E-state index contributed by atoms with van der Waals surface area (Å²) in [4.78, 5) is 25.6. The molecule has 0 aliphatic carbocycles. The first kappa shape index (κ1) is 22.3. The van der Waals surface area contributed by atoms with Crippen molar-refractivity contribution in [3.8, 4) is 34.5 Å². The lowest BCUT2D eigenvalue weighted by molar-refractivity contribution is -0.135. The zero-order chi connectivity index (χ0) is 24.7. The second kappa shape index (κ2) is 8.72. The van der Waals surface area contributed by atoms with E-state index in [0.29, 0.717) is 45.4 Å². The highest BCUT2D eigenvalue weighted by atomic mass is 16.5. The number of aromatic hydroxyl groups is 1. The van der Waals surface area contributed by atoms with Crippen LogP contribution >= 0.6 is 0 Å². The molecule has 0 unspecified atom stereocenters. The summed E-state index contributed by atoms with van der Waals surface area (Å²) in [6.07, 6.45) is 1.66. The number of hydrogen-bond acceptors (Lipinski definition) is 8. The SMILES string of the molecule is COc1ccc(/C=C2\Oc3c(ccc4c3[C@H](c3ccc(O)cc3)CC(=O)O4)C2=O)c(OC)c1OC. The molecule has 2 aliphatic rings. The van der Waals surface area contributed by atoms with Crippen LogP contribution in [0.2, 0.25) is 0 Å². The third-order valence-electron chi connectivity index (χ3n) is 6.10. The molecule has 3 aromatic rings. The fourth-order valence-electron chi connectivity index (χ4n) is 4.48. The maximum atomic E-state index is 13.3. The number of methoxy groups -OCH3 is 3. The van der Waals surface area contributed by atoms with E-state index in [4.69, 9.17) is 23.7 Å². The first-order chi connectivity index (χ1) is 16.9. The molecular formula is C27H22O8. The van der Waals surface area contributed by atoms with E-state index >= 15 is 0 Å². The molecule has 178 valence electrons. The number of phenols is 1. The van der Waals surface area contributed by atoms with Gasteiger partial charge >= 0.3 is 5.97 Å². The Bertz CT molecular complexity index is 1370. The van der Waals surface area contributed by atoms with Crippen LogP contribution < -0.4 is 23.7 Å². The van der Waals surface area contributed by atoms with Crippen LogP contribution in [0.1, 0.15) is 39.4 Å². The summed E-state index contributed by atoms with van der Waals surface area (Å²) >= 11 is 0. The molecule has 8 heteroatoms. The molecule has 0 saturated heterocycles. The highest BCUT2D eigenvalue weighted by Crippen LogP contribution is 2.49. The van der Waals surface area contributed by atoms with Crippen molar-refractivity contribution < 1.29 is 38.4 Å². The Morgan fingerprint density at radius 3 is 2.31 bits per heavy atom. The fraction of sp³-hybridized carbons (Fsp3) is 0.185. The number of fused-ring (bicyclic) bond motifs is 3. The molecular weight excluding hydrogens is 452 g/mol. The van der Waals surface area contributed by atoms with E-state index in [1.165, 1.54) is 21.3 Å². The predicted octanol–water partition coefficient (Wildman–Crippen LogP) is 4.48. The van der Waals surface area contributed by atoms with Gasteiger partial charge in [-0.25, -0.2) is 0 Å². The molecule has 0 bridgehead atoms. The Morgan fingerprint density at radius 1 is 0.886 bits per heavy atom. The molecule has 2 heterocycles. The van der Waals surface area contributed by atoms with Crippen molar-refractivity contribution >= 4 is 17.8 Å². The zero-order valence-corrected chi connectivity index (χ0v) is 19.3. The van der Waals surface area contributed by atoms with Crippen molar-refractivity contribution in [2.24, 2.45) is 0 Å². The maximum Gasteiger partial charge on any atom is 0.312 e. The predicted molar refractivity (Wildman–Crippen MR) is 126 cm³/mol. The molecule has 0 radical (unpaired) electrons. The highest BCUT2D eigenvalue weighted by Gasteiger charge is 2.38. The van der Waals surface area contributed by atoms with E-state index in [9.17, 15) is 14.7 Å².